The lowest BCUT2D eigenvalue weighted by Gasteiger charge is -2.12. The van der Waals surface area contributed by atoms with Gasteiger partial charge in [-0.3, -0.25) is 0 Å². The molecule has 0 fully saturated rings. The van der Waals surface area contributed by atoms with Crippen molar-refractivity contribution in [2.45, 2.75) is 13.1 Å². The van der Waals surface area contributed by atoms with Gasteiger partial charge in [0.15, 0.2) is 0 Å². The number of methoxy groups -OCH3 is 1. The maximum Gasteiger partial charge on any atom is 0.418 e. The fraction of sp³-hybridized carbons (Fsp3) is 0.176. The lowest BCUT2D eigenvalue weighted by atomic mass is 10.1. The molecule has 1 aromatic heterocycles. The van der Waals surface area contributed by atoms with E-state index in [4.69, 9.17) is 4.74 Å². The quantitative estimate of drug-likeness (QED) is 0.691. The third-order valence-electron chi connectivity index (χ3n) is 3.52. The zero-order chi connectivity index (χ0) is 16.6. The van der Waals surface area contributed by atoms with Crippen LogP contribution in [0.5, 0.6) is 5.75 Å². The van der Waals surface area contributed by atoms with Crippen molar-refractivity contribution in [3.8, 4) is 17.0 Å². The van der Waals surface area contributed by atoms with Crippen LogP contribution in [0.1, 0.15) is 11.3 Å². The molecule has 0 saturated carbocycles. The maximum atomic E-state index is 13.1. The molecule has 0 spiro atoms. The fourth-order valence-electron chi connectivity index (χ4n) is 2.43. The minimum absolute atomic E-state index is 0.135. The number of halogens is 3. The monoisotopic (exact) mass is 318 g/mol. The van der Waals surface area contributed by atoms with E-state index in [2.05, 4.69) is 9.97 Å². The van der Waals surface area contributed by atoms with Crippen molar-refractivity contribution in [1.82, 2.24) is 9.97 Å². The first-order valence-electron chi connectivity index (χ1n) is 6.89. The summed E-state index contributed by atoms with van der Waals surface area (Å²) in [5, 5.41) is 0. The van der Waals surface area contributed by atoms with Gasteiger partial charge in [-0.25, -0.2) is 9.97 Å². The minimum Gasteiger partial charge on any atom is -0.497 e. The number of para-hydroxylation sites is 1. The standard InChI is InChI=1S/C17H13F3N2O/c1-10-15(11-5-3-6-12(9-11)23-2)22-14-8-4-7-13(16(14)21-10)17(18,19)20/h3-9H,1-2H3. The molecule has 0 N–H and O–H groups in total. The summed E-state index contributed by atoms with van der Waals surface area (Å²) in [6, 6.07) is 11.1. The van der Waals surface area contributed by atoms with Crippen molar-refractivity contribution in [1.29, 1.82) is 0 Å². The van der Waals surface area contributed by atoms with E-state index in [1.54, 1.807) is 32.2 Å². The van der Waals surface area contributed by atoms with Crippen LogP contribution in [0.2, 0.25) is 0 Å². The summed E-state index contributed by atoms with van der Waals surface area (Å²) in [6.07, 6.45) is -4.46. The van der Waals surface area contributed by atoms with Crippen LogP contribution in [0.15, 0.2) is 42.5 Å². The van der Waals surface area contributed by atoms with Crippen molar-refractivity contribution < 1.29 is 17.9 Å². The summed E-state index contributed by atoms with van der Waals surface area (Å²) in [6.45, 7) is 1.65. The van der Waals surface area contributed by atoms with Crippen LogP contribution >= 0.6 is 0 Å². The molecule has 0 unspecified atom stereocenters. The number of fused-ring (bicyclic) bond motifs is 1. The van der Waals surface area contributed by atoms with Gasteiger partial charge in [0, 0.05) is 5.56 Å². The second-order valence-electron chi connectivity index (χ2n) is 5.06. The number of nitrogens with zero attached hydrogens (tertiary/aromatic N) is 2. The second kappa shape index (κ2) is 5.53. The van der Waals surface area contributed by atoms with Gasteiger partial charge in [0.25, 0.3) is 0 Å². The number of hydrogen-bond acceptors (Lipinski definition) is 3. The van der Waals surface area contributed by atoms with Crippen LogP contribution in [0, 0.1) is 6.92 Å². The number of hydrogen-bond donors (Lipinski definition) is 0. The van der Waals surface area contributed by atoms with Crippen LogP contribution in [0.3, 0.4) is 0 Å². The summed E-state index contributed by atoms with van der Waals surface area (Å²) < 4.78 is 44.4. The lowest BCUT2D eigenvalue weighted by molar-refractivity contribution is -0.136. The van der Waals surface area contributed by atoms with Crippen LogP contribution in [-0.2, 0) is 6.18 Å². The molecule has 0 aliphatic carbocycles. The Morgan fingerprint density at radius 1 is 1.00 bits per heavy atom. The highest BCUT2D eigenvalue weighted by Crippen LogP contribution is 2.34. The van der Waals surface area contributed by atoms with Gasteiger partial charge < -0.3 is 4.74 Å². The molecule has 0 aliphatic rings. The Bertz CT molecular complexity index is 875. The zero-order valence-corrected chi connectivity index (χ0v) is 12.5. The zero-order valence-electron chi connectivity index (χ0n) is 12.5. The average molecular weight is 318 g/mol. The predicted octanol–water partition coefficient (Wildman–Crippen LogP) is 4.63. The molecule has 0 bridgehead atoms. The van der Waals surface area contributed by atoms with E-state index in [1.807, 2.05) is 6.07 Å². The normalized spacial score (nSPS) is 11.7. The molecule has 23 heavy (non-hydrogen) atoms. The topological polar surface area (TPSA) is 35.0 Å². The Morgan fingerprint density at radius 3 is 2.43 bits per heavy atom. The molecule has 6 heteroatoms. The molecule has 118 valence electrons. The molecule has 3 rings (SSSR count). The smallest absolute Gasteiger partial charge is 0.418 e. The molecule has 2 aromatic carbocycles. The van der Waals surface area contributed by atoms with Gasteiger partial charge >= 0.3 is 6.18 Å². The Balaban J connectivity index is 2.23. The average Bonchev–Trinajstić information content (AvgIpc) is 2.52. The minimum atomic E-state index is -4.46. The van der Waals surface area contributed by atoms with Gasteiger partial charge in [0.2, 0.25) is 0 Å². The Morgan fingerprint density at radius 2 is 1.74 bits per heavy atom. The van der Waals surface area contributed by atoms with E-state index >= 15 is 0 Å². The van der Waals surface area contributed by atoms with E-state index in [-0.39, 0.29) is 11.0 Å². The van der Waals surface area contributed by atoms with Gasteiger partial charge in [-0.05, 0) is 31.2 Å². The fourth-order valence-corrected chi connectivity index (χ4v) is 2.43. The van der Waals surface area contributed by atoms with Crippen LogP contribution < -0.4 is 4.74 Å². The van der Waals surface area contributed by atoms with E-state index in [0.29, 0.717) is 17.1 Å². The largest absolute Gasteiger partial charge is 0.497 e. The second-order valence-corrected chi connectivity index (χ2v) is 5.06. The van der Waals surface area contributed by atoms with Gasteiger partial charge in [0.05, 0.1) is 29.6 Å². The van der Waals surface area contributed by atoms with E-state index in [0.717, 1.165) is 11.6 Å². The molecular weight excluding hydrogens is 305 g/mol. The Kier molecular flexibility index (Phi) is 3.67. The van der Waals surface area contributed by atoms with E-state index in [1.165, 1.54) is 12.1 Å². The first-order chi connectivity index (χ1) is 10.9. The highest BCUT2D eigenvalue weighted by Gasteiger charge is 2.33. The van der Waals surface area contributed by atoms with Crippen LogP contribution in [0.25, 0.3) is 22.3 Å². The summed E-state index contributed by atoms with van der Waals surface area (Å²) in [5.74, 6) is 0.646. The van der Waals surface area contributed by atoms with Gasteiger partial charge in [-0.1, -0.05) is 18.2 Å². The third kappa shape index (κ3) is 2.84. The number of ether oxygens (including phenoxy) is 1. The summed E-state index contributed by atoms with van der Waals surface area (Å²) >= 11 is 0. The SMILES string of the molecule is COc1cccc(-c2nc3cccc(C(F)(F)F)c3nc2C)c1. The molecule has 0 radical (unpaired) electrons. The number of benzene rings is 2. The van der Waals surface area contributed by atoms with Crippen molar-refractivity contribution in [3.63, 3.8) is 0 Å². The van der Waals surface area contributed by atoms with Gasteiger partial charge in [0.1, 0.15) is 11.3 Å². The molecular formula is C17H13F3N2O. The molecule has 0 amide bonds. The summed E-state index contributed by atoms with van der Waals surface area (Å²) in [7, 11) is 1.55. The van der Waals surface area contributed by atoms with Crippen LogP contribution in [0.4, 0.5) is 13.2 Å². The molecule has 0 saturated heterocycles. The predicted molar refractivity (Wildman–Crippen MR) is 81.3 cm³/mol. The van der Waals surface area contributed by atoms with Gasteiger partial charge in [-0.15, -0.1) is 0 Å². The summed E-state index contributed by atoms with van der Waals surface area (Å²) in [5.41, 5.74) is 1.02. The first kappa shape index (κ1) is 15.3. The maximum absolute atomic E-state index is 13.1. The number of aromatic nitrogens is 2. The van der Waals surface area contributed by atoms with E-state index < -0.39 is 11.7 Å². The van der Waals surface area contributed by atoms with Crippen LogP contribution in [-0.4, -0.2) is 17.1 Å². The highest BCUT2D eigenvalue weighted by molar-refractivity contribution is 5.82. The van der Waals surface area contributed by atoms with Gasteiger partial charge in [-0.2, -0.15) is 13.2 Å². The van der Waals surface area contributed by atoms with E-state index in [9.17, 15) is 13.2 Å². The highest BCUT2D eigenvalue weighted by atomic mass is 19.4. The Hall–Kier alpha value is -2.63. The van der Waals surface area contributed by atoms with Crippen molar-refractivity contribution in [2.75, 3.05) is 7.11 Å². The molecule has 3 aromatic rings. The number of alkyl halides is 3. The molecule has 0 atom stereocenters. The number of aryl methyl sites for hydroxylation is 1. The summed E-state index contributed by atoms with van der Waals surface area (Å²) in [4.78, 5) is 8.53. The lowest BCUT2D eigenvalue weighted by Crippen LogP contribution is -2.08. The van der Waals surface area contributed by atoms with Crippen molar-refractivity contribution >= 4 is 11.0 Å². The molecule has 0 aliphatic heterocycles. The molecule has 1 heterocycles. The number of rotatable bonds is 2. The van der Waals surface area contributed by atoms with Crippen molar-refractivity contribution in [2.24, 2.45) is 0 Å². The third-order valence-corrected chi connectivity index (χ3v) is 3.52. The Labute approximate surface area is 130 Å². The van der Waals surface area contributed by atoms with Crippen molar-refractivity contribution in [3.05, 3.63) is 53.7 Å². The first-order valence-corrected chi connectivity index (χ1v) is 6.89. The molecule has 3 nitrogen and oxygen atoms in total.